The standard InChI is InChI=1S/C20H21N7OS/c1-11-15(8-26(3)24-11)16-10-29-20(22-16)23-17(28)9-27-19-18(12(2)25-27)14(6-7-21-19)13-4-5-13/h6-8,10,13H,4-5,9H2,1-3H3,(H,22,23,28). The first-order valence-corrected chi connectivity index (χ1v) is 10.5. The number of fused-ring (bicyclic) bond motifs is 1. The minimum absolute atomic E-state index is 0.103. The fraction of sp³-hybridized carbons (Fsp3) is 0.350. The second kappa shape index (κ2) is 6.77. The molecule has 4 aromatic rings. The van der Waals surface area contributed by atoms with Crippen molar-refractivity contribution in [1.82, 2.24) is 29.5 Å². The summed E-state index contributed by atoms with van der Waals surface area (Å²) in [7, 11) is 1.88. The highest BCUT2D eigenvalue weighted by atomic mass is 32.1. The van der Waals surface area contributed by atoms with Crippen LogP contribution < -0.4 is 5.32 Å². The second-order valence-electron chi connectivity index (χ2n) is 7.50. The van der Waals surface area contributed by atoms with Crippen molar-refractivity contribution in [2.45, 2.75) is 39.2 Å². The molecule has 29 heavy (non-hydrogen) atoms. The topological polar surface area (TPSA) is 90.5 Å². The number of carbonyl (C=O) groups excluding carboxylic acids is 1. The first-order valence-electron chi connectivity index (χ1n) is 9.57. The molecule has 1 aliphatic rings. The van der Waals surface area contributed by atoms with E-state index in [4.69, 9.17) is 0 Å². The number of thiazole rings is 1. The number of aromatic nitrogens is 6. The van der Waals surface area contributed by atoms with Crippen molar-refractivity contribution in [2.75, 3.05) is 5.32 Å². The molecular formula is C20H21N7OS. The average Bonchev–Trinajstić information content (AvgIpc) is 3.23. The Morgan fingerprint density at radius 1 is 1.28 bits per heavy atom. The van der Waals surface area contributed by atoms with Crippen LogP contribution in [0.1, 0.15) is 35.7 Å². The van der Waals surface area contributed by atoms with Crippen molar-refractivity contribution >= 4 is 33.4 Å². The lowest BCUT2D eigenvalue weighted by atomic mass is 10.1. The minimum atomic E-state index is -0.170. The highest BCUT2D eigenvalue weighted by Gasteiger charge is 2.27. The van der Waals surface area contributed by atoms with Crippen molar-refractivity contribution in [3.8, 4) is 11.3 Å². The predicted molar refractivity (Wildman–Crippen MR) is 112 cm³/mol. The van der Waals surface area contributed by atoms with Crippen LogP contribution in [-0.2, 0) is 18.4 Å². The molecule has 8 nitrogen and oxygen atoms in total. The minimum Gasteiger partial charge on any atom is -0.300 e. The largest absolute Gasteiger partial charge is 0.300 e. The quantitative estimate of drug-likeness (QED) is 0.547. The van der Waals surface area contributed by atoms with E-state index < -0.39 is 0 Å². The first kappa shape index (κ1) is 18.0. The summed E-state index contributed by atoms with van der Waals surface area (Å²) in [5.41, 5.74) is 5.68. The van der Waals surface area contributed by atoms with Gasteiger partial charge < -0.3 is 5.32 Å². The molecule has 148 valence electrons. The molecule has 1 saturated carbocycles. The Bertz CT molecular complexity index is 1230. The van der Waals surface area contributed by atoms with E-state index in [0.29, 0.717) is 11.0 Å². The fourth-order valence-corrected chi connectivity index (χ4v) is 4.48. The third-order valence-electron chi connectivity index (χ3n) is 5.19. The summed E-state index contributed by atoms with van der Waals surface area (Å²) in [6.45, 7) is 4.03. The summed E-state index contributed by atoms with van der Waals surface area (Å²) >= 11 is 1.40. The summed E-state index contributed by atoms with van der Waals surface area (Å²) in [6.07, 6.45) is 6.17. The van der Waals surface area contributed by atoms with Gasteiger partial charge in [0.25, 0.3) is 0 Å². The molecule has 0 aliphatic heterocycles. The van der Waals surface area contributed by atoms with Gasteiger partial charge in [-0.1, -0.05) is 0 Å². The van der Waals surface area contributed by atoms with Crippen LogP contribution in [-0.4, -0.2) is 35.4 Å². The smallest absolute Gasteiger partial charge is 0.247 e. The SMILES string of the molecule is Cc1nn(C)cc1-c1csc(NC(=O)Cn2nc(C)c3c(C4CC4)ccnc32)n1. The number of hydrogen-bond acceptors (Lipinski definition) is 6. The van der Waals surface area contributed by atoms with E-state index >= 15 is 0 Å². The maximum Gasteiger partial charge on any atom is 0.247 e. The molecule has 0 spiro atoms. The Morgan fingerprint density at radius 2 is 2.10 bits per heavy atom. The van der Waals surface area contributed by atoms with Crippen LogP contribution in [0.15, 0.2) is 23.8 Å². The fourth-order valence-electron chi connectivity index (χ4n) is 3.76. The van der Waals surface area contributed by atoms with Crippen LogP contribution in [0.2, 0.25) is 0 Å². The zero-order chi connectivity index (χ0) is 20.1. The van der Waals surface area contributed by atoms with Gasteiger partial charge in [-0.05, 0) is 44.2 Å². The monoisotopic (exact) mass is 407 g/mol. The third-order valence-corrected chi connectivity index (χ3v) is 5.95. The van der Waals surface area contributed by atoms with E-state index in [1.165, 1.54) is 29.7 Å². The molecular weight excluding hydrogens is 386 g/mol. The molecule has 1 N–H and O–H groups in total. The molecule has 0 atom stereocenters. The van der Waals surface area contributed by atoms with Crippen LogP contribution in [0.4, 0.5) is 5.13 Å². The molecule has 5 rings (SSSR count). The number of carbonyl (C=O) groups is 1. The zero-order valence-corrected chi connectivity index (χ0v) is 17.3. The summed E-state index contributed by atoms with van der Waals surface area (Å²) < 4.78 is 3.45. The zero-order valence-electron chi connectivity index (χ0n) is 16.5. The van der Waals surface area contributed by atoms with Gasteiger partial charge in [-0.2, -0.15) is 10.2 Å². The lowest BCUT2D eigenvalue weighted by molar-refractivity contribution is -0.116. The Kier molecular flexibility index (Phi) is 4.20. The lowest BCUT2D eigenvalue weighted by Crippen LogP contribution is -2.19. The van der Waals surface area contributed by atoms with Gasteiger partial charge in [-0.15, -0.1) is 11.3 Å². The second-order valence-corrected chi connectivity index (χ2v) is 8.36. The molecule has 0 bridgehead atoms. The van der Waals surface area contributed by atoms with E-state index in [2.05, 4.69) is 31.5 Å². The van der Waals surface area contributed by atoms with Crippen LogP contribution in [0.3, 0.4) is 0 Å². The summed E-state index contributed by atoms with van der Waals surface area (Å²) in [6, 6.07) is 2.08. The Hall–Kier alpha value is -3.07. The Balaban J connectivity index is 1.35. The van der Waals surface area contributed by atoms with Crippen molar-refractivity contribution in [3.05, 3.63) is 40.8 Å². The van der Waals surface area contributed by atoms with Crippen molar-refractivity contribution < 1.29 is 4.79 Å². The van der Waals surface area contributed by atoms with Crippen LogP contribution >= 0.6 is 11.3 Å². The van der Waals surface area contributed by atoms with Gasteiger partial charge in [0, 0.05) is 35.8 Å². The highest BCUT2D eigenvalue weighted by Crippen LogP contribution is 2.43. The summed E-state index contributed by atoms with van der Waals surface area (Å²) in [4.78, 5) is 21.7. The molecule has 0 unspecified atom stereocenters. The maximum absolute atomic E-state index is 12.6. The maximum atomic E-state index is 12.6. The van der Waals surface area contributed by atoms with E-state index in [1.807, 2.05) is 38.7 Å². The van der Waals surface area contributed by atoms with Gasteiger partial charge in [0.2, 0.25) is 5.91 Å². The molecule has 0 aromatic carbocycles. The van der Waals surface area contributed by atoms with E-state index in [-0.39, 0.29) is 12.5 Å². The van der Waals surface area contributed by atoms with E-state index in [9.17, 15) is 4.79 Å². The normalized spacial score (nSPS) is 13.9. The molecule has 4 heterocycles. The molecule has 0 radical (unpaired) electrons. The number of rotatable bonds is 5. The molecule has 1 amide bonds. The highest BCUT2D eigenvalue weighted by molar-refractivity contribution is 7.14. The Morgan fingerprint density at radius 3 is 2.83 bits per heavy atom. The number of amides is 1. The third kappa shape index (κ3) is 3.31. The van der Waals surface area contributed by atoms with Gasteiger partial charge in [-0.25, -0.2) is 14.6 Å². The van der Waals surface area contributed by atoms with Gasteiger partial charge in [-0.3, -0.25) is 9.48 Å². The van der Waals surface area contributed by atoms with Crippen molar-refractivity contribution in [3.63, 3.8) is 0 Å². The van der Waals surface area contributed by atoms with Gasteiger partial charge in [0.05, 0.1) is 17.1 Å². The molecule has 4 aromatic heterocycles. The lowest BCUT2D eigenvalue weighted by Gasteiger charge is -2.04. The number of hydrogen-bond donors (Lipinski definition) is 1. The molecule has 9 heteroatoms. The van der Waals surface area contributed by atoms with Gasteiger partial charge >= 0.3 is 0 Å². The predicted octanol–water partition coefficient (Wildman–Crippen LogP) is 3.42. The number of nitrogens with one attached hydrogen (secondary N) is 1. The van der Waals surface area contributed by atoms with Crippen LogP contribution in [0.25, 0.3) is 22.3 Å². The van der Waals surface area contributed by atoms with Gasteiger partial charge in [0.15, 0.2) is 10.8 Å². The van der Waals surface area contributed by atoms with Crippen molar-refractivity contribution in [1.29, 1.82) is 0 Å². The van der Waals surface area contributed by atoms with Crippen LogP contribution in [0, 0.1) is 13.8 Å². The van der Waals surface area contributed by atoms with Crippen LogP contribution in [0.5, 0.6) is 0 Å². The number of aryl methyl sites for hydroxylation is 3. The molecule has 0 saturated heterocycles. The number of nitrogens with zero attached hydrogens (tertiary/aromatic N) is 6. The average molecular weight is 408 g/mol. The summed E-state index contributed by atoms with van der Waals surface area (Å²) in [5, 5.41) is 15.4. The number of pyridine rings is 1. The Labute approximate surface area is 171 Å². The molecule has 1 aliphatic carbocycles. The first-order chi connectivity index (χ1) is 14.0. The van der Waals surface area contributed by atoms with Crippen molar-refractivity contribution in [2.24, 2.45) is 7.05 Å². The molecule has 1 fully saturated rings. The van der Waals surface area contributed by atoms with E-state index in [0.717, 1.165) is 33.7 Å². The summed E-state index contributed by atoms with van der Waals surface area (Å²) in [5.74, 6) is 0.437. The number of anilines is 1. The van der Waals surface area contributed by atoms with Gasteiger partial charge in [0.1, 0.15) is 6.54 Å². The van der Waals surface area contributed by atoms with E-state index in [1.54, 1.807) is 9.36 Å².